The molecule has 0 atom stereocenters. The number of alkyl halides is 3. The number of H-pyrrole nitrogens is 1. The van der Waals surface area contributed by atoms with Crippen LogP contribution in [-0.2, 0) is 11.0 Å². The van der Waals surface area contributed by atoms with E-state index in [1.54, 1.807) is 12.1 Å². The van der Waals surface area contributed by atoms with E-state index in [-0.39, 0.29) is 0 Å². The number of benzene rings is 2. The maximum atomic E-state index is 12.9. The Labute approximate surface area is 146 Å². The van der Waals surface area contributed by atoms with E-state index >= 15 is 0 Å². The van der Waals surface area contributed by atoms with Crippen molar-refractivity contribution in [2.75, 3.05) is 6.61 Å². The van der Waals surface area contributed by atoms with Gasteiger partial charge in [0.25, 0.3) is 5.91 Å². The number of hydrazone groups is 1. The van der Waals surface area contributed by atoms with Crippen LogP contribution in [0.25, 0.3) is 10.9 Å². The first-order chi connectivity index (χ1) is 12.4. The van der Waals surface area contributed by atoms with Gasteiger partial charge in [-0.25, -0.2) is 5.43 Å². The van der Waals surface area contributed by atoms with Gasteiger partial charge in [-0.2, -0.15) is 18.3 Å². The molecule has 26 heavy (non-hydrogen) atoms. The second kappa shape index (κ2) is 7.19. The van der Waals surface area contributed by atoms with Gasteiger partial charge >= 0.3 is 6.18 Å². The molecule has 0 aliphatic carbocycles. The Morgan fingerprint density at radius 3 is 2.85 bits per heavy atom. The molecule has 2 N–H and O–H groups in total. The molecule has 1 aromatic heterocycles. The minimum atomic E-state index is -4.56. The summed E-state index contributed by atoms with van der Waals surface area (Å²) in [5, 5.41) is 4.53. The summed E-state index contributed by atoms with van der Waals surface area (Å²) in [5.41, 5.74) is 2.77. The molecule has 0 fully saturated rings. The predicted molar refractivity (Wildman–Crippen MR) is 88.6 cm³/mol. The van der Waals surface area contributed by atoms with Crippen LogP contribution in [-0.4, -0.2) is 23.7 Å². The number of amides is 1. The molecule has 2 aromatic carbocycles. The Balaban J connectivity index is 1.60. The summed E-state index contributed by atoms with van der Waals surface area (Å²) in [6.07, 6.45) is -0.434. The minimum Gasteiger partial charge on any atom is -0.483 e. The number of para-hydroxylation sites is 1. The Kier molecular flexibility index (Phi) is 4.80. The average Bonchev–Trinajstić information content (AvgIpc) is 3.09. The molecule has 5 nitrogen and oxygen atoms in total. The third kappa shape index (κ3) is 3.95. The number of ether oxygens (including phenoxy) is 1. The number of halogens is 3. The van der Waals surface area contributed by atoms with Crippen molar-refractivity contribution in [2.45, 2.75) is 6.18 Å². The first-order valence-corrected chi connectivity index (χ1v) is 7.46. The molecule has 0 saturated heterocycles. The maximum Gasteiger partial charge on any atom is 0.419 e. The molecule has 0 spiro atoms. The summed E-state index contributed by atoms with van der Waals surface area (Å²) >= 11 is 0. The molecule has 0 unspecified atom stereocenters. The average molecular weight is 359 g/mol. The predicted octanol–water partition coefficient (Wildman–Crippen LogP) is 3.32. The van der Waals surface area contributed by atoms with E-state index in [0.717, 1.165) is 23.0 Å². The SMILES string of the molecule is O=C(COc1ccccc1C(F)(F)F)N/N=C/c1cccc2[nH]c#cc12. The summed E-state index contributed by atoms with van der Waals surface area (Å²) in [6, 6.07) is 13.0. The van der Waals surface area contributed by atoms with Crippen molar-refractivity contribution in [1.82, 2.24) is 10.4 Å². The molecule has 1 amide bonds. The van der Waals surface area contributed by atoms with Crippen molar-refractivity contribution in [1.29, 1.82) is 0 Å². The van der Waals surface area contributed by atoms with E-state index in [4.69, 9.17) is 4.74 Å². The van der Waals surface area contributed by atoms with E-state index < -0.39 is 30.0 Å². The number of hydrogen-bond donors (Lipinski definition) is 2. The van der Waals surface area contributed by atoms with E-state index in [2.05, 4.69) is 27.8 Å². The molecule has 0 aliphatic heterocycles. The van der Waals surface area contributed by atoms with Crippen molar-refractivity contribution in [3.8, 4) is 5.75 Å². The Morgan fingerprint density at radius 2 is 2.04 bits per heavy atom. The zero-order chi connectivity index (χ0) is 18.6. The number of nitrogens with one attached hydrogen (secondary N) is 2. The van der Waals surface area contributed by atoms with Gasteiger partial charge < -0.3 is 9.72 Å². The molecule has 0 bridgehead atoms. The number of aromatic amines is 1. The largest absolute Gasteiger partial charge is 0.483 e. The van der Waals surface area contributed by atoms with Gasteiger partial charge in [-0.15, -0.1) is 0 Å². The number of nitrogens with zero attached hydrogens (tertiary/aromatic N) is 1. The fraction of sp³-hybridized carbons (Fsp3) is 0.111. The summed E-state index contributed by atoms with van der Waals surface area (Å²) in [5.74, 6) is -1.10. The zero-order valence-corrected chi connectivity index (χ0v) is 13.2. The molecule has 0 radical (unpaired) electrons. The minimum absolute atomic E-state index is 0.415. The quantitative estimate of drug-likeness (QED) is 0.542. The molecule has 0 aliphatic rings. The van der Waals surface area contributed by atoms with E-state index in [9.17, 15) is 18.0 Å². The van der Waals surface area contributed by atoms with Crippen LogP contribution in [0, 0.1) is 12.3 Å². The molecule has 0 saturated carbocycles. The number of aromatic nitrogens is 1. The molecule has 3 aromatic rings. The van der Waals surface area contributed by atoms with Crippen molar-refractivity contribution in [3.05, 3.63) is 65.9 Å². The van der Waals surface area contributed by atoms with E-state index in [1.807, 2.05) is 6.07 Å². The number of fused-ring (bicyclic) bond motifs is 1. The molecule has 8 heteroatoms. The van der Waals surface area contributed by atoms with Crippen LogP contribution in [0.1, 0.15) is 11.1 Å². The number of rotatable bonds is 5. The molecule has 3 rings (SSSR count). The summed E-state index contributed by atoms with van der Waals surface area (Å²) in [7, 11) is 0. The number of carbonyl (C=O) groups excluding carboxylic acids is 1. The fourth-order valence-corrected chi connectivity index (χ4v) is 2.26. The lowest BCUT2D eigenvalue weighted by atomic mass is 10.1. The third-order valence-electron chi connectivity index (χ3n) is 3.43. The highest BCUT2D eigenvalue weighted by atomic mass is 19.4. The van der Waals surface area contributed by atoms with Gasteiger partial charge in [0.2, 0.25) is 0 Å². The van der Waals surface area contributed by atoms with Crippen molar-refractivity contribution in [2.24, 2.45) is 5.10 Å². The Bertz CT molecular complexity index is 948. The van der Waals surface area contributed by atoms with Crippen molar-refractivity contribution >= 4 is 23.0 Å². The highest BCUT2D eigenvalue weighted by molar-refractivity contribution is 5.97. The first kappa shape index (κ1) is 17.4. The third-order valence-corrected chi connectivity index (χ3v) is 3.43. The van der Waals surface area contributed by atoms with Gasteiger partial charge in [-0.3, -0.25) is 4.79 Å². The second-order valence-corrected chi connectivity index (χ2v) is 5.22. The fourth-order valence-electron chi connectivity index (χ4n) is 2.26. The van der Waals surface area contributed by atoms with Crippen LogP contribution < -0.4 is 10.2 Å². The number of hydrogen-bond acceptors (Lipinski definition) is 3. The molecular formula is C18H12F3N3O2. The van der Waals surface area contributed by atoms with Crippen LogP contribution in [0.4, 0.5) is 13.2 Å². The van der Waals surface area contributed by atoms with Gasteiger partial charge in [0.1, 0.15) is 5.75 Å². The zero-order valence-electron chi connectivity index (χ0n) is 13.2. The maximum absolute atomic E-state index is 12.9. The van der Waals surface area contributed by atoms with Gasteiger partial charge in [-0.05, 0) is 24.3 Å². The highest BCUT2D eigenvalue weighted by Crippen LogP contribution is 2.35. The van der Waals surface area contributed by atoms with Gasteiger partial charge in [-0.1, -0.05) is 24.3 Å². The van der Waals surface area contributed by atoms with E-state index in [0.29, 0.717) is 5.56 Å². The van der Waals surface area contributed by atoms with Crippen LogP contribution in [0.3, 0.4) is 0 Å². The standard InChI is InChI=1S/C18H12F3N3O2/c19-18(20,21)14-5-1-2-7-16(14)26-11-17(25)24-23-10-12-4-3-6-15-13(12)8-9-22-15/h1-7,10,22H,11H2,(H,24,25)/b23-10+. The lowest BCUT2D eigenvalue weighted by Crippen LogP contribution is -2.25. The lowest BCUT2D eigenvalue weighted by Gasteiger charge is -2.12. The topological polar surface area (TPSA) is 66.5 Å². The van der Waals surface area contributed by atoms with Crippen molar-refractivity contribution in [3.63, 3.8) is 0 Å². The summed E-state index contributed by atoms with van der Waals surface area (Å²) in [6.45, 7) is -0.599. The van der Waals surface area contributed by atoms with Gasteiger partial charge in [0.05, 0.1) is 22.7 Å². The second-order valence-electron chi connectivity index (χ2n) is 5.22. The highest BCUT2D eigenvalue weighted by Gasteiger charge is 2.34. The Hall–Kier alpha value is -3.47. The monoisotopic (exact) mass is 359 g/mol. The first-order valence-electron chi connectivity index (χ1n) is 7.46. The number of carbonyl (C=O) groups is 1. The summed E-state index contributed by atoms with van der Waals surface area (Å²) < 4.78 is 43.5. The van der Waals surface area contributed by atoms with Crippen molar-refractivity contribution < 1.29 is 22.7 Å². The van der Waals surface area contributed by atoms with Gasteiger partial charge in [0, 0.05) is 11.8 Å². The normalized spacial score (nSPS) is 11.5. The smallest absolute Gasteiger partial charge is 0.419 e. The Morgan fingerprint density at radius 1 is 1.23 bits per heavy atom. The molecule has 132 valence electrons. The van der Waals surface area contributed by atoms with Gasteiger partial charge in [0.15, 0.2) is 6.61 Å². The van der Waals surface area contributed by atoms with Crippen LogP contribution in [0.5, 0.6) is 5.75 Å². The molecular weight excluding hydrogens is 347 g/mol. The van der Waals surface area contributed by atoms with E-state index in [1.165, 1.54) is 18.3 Å². The van der Waals surface area contributed by atoms with Crippen LogP contribution >= 0.6 is 0 Å². The lowest BCUT2D eigenvalue weighted by molar-refractivity contribution is -0.139. The van der Waals surface area contributed by atoms with Crippen LogP contribution in [0.15, 0.2) is 47.6 Å². The summed E-state index contributed by atoms with van der Waals surface area (Å²) in [4.78, 5) is 14.6. The molecule has 1 heterocycles. The van der Waals surface area contributed by atoms with Crippen LogP contribution in [0.2, 0.25) is 0 Å².